The standard InChI is InChI=1S/C16H19N3O2/c1-12-18-15-4-2-3-5-16(15)19(12)9-8-17-10-13-6-7-14(11-20)21-13/h2-7,17,20H,8-11H2,1H3. The molecule has 5 heteroatoms. The van der Waals surface area contributed by atoms with Gasteiger partial charge in [0.05, 0.1) is 17.6 Å². The Kier molecular flexibility index (Phi) is 4.03. The number of hydrogen-bond acceptors (Lipinski definition) is 4. The molecule has 0 bridgehead atoms. The molecule has 1 aromatic carbocycles. The number of hydrogen-bond donors (Lipinski definition) is 2. The lowest BCUT2D eigenvalue weighted by Crippen LogP contribution is -2.19. The van der Waals surface area contributed by atoms with Crippen LogP contribution in [0.2, 0.25) is 0 Å². The Morgan fingerprint density at radius 1 is 1.19 bits per heavy atom. The van der Waals surface area contributed by atoms with Crippen molar-refractivity contribution in [3.63, 3.8) is 0 Å². The first-order valence-electron chi connectivity index (χ1n) is 7.09. The monoisotopic (exact) mass is 285 g/mol. The smallest absolute Gasteiger partial charge is 0.129 e. The zero-order valence-electron chi connectivity index (χ0n) is 12.0. The number of nitrogens with one attached hydrogen (secondary N) is 1. The van der Waals surface area contributed by atoms with Crippen LogP contribution in [0.3, 0.4) is 0 Å². The quantitative estimate of drug-likeness (QED) is 0.682. The lowest BCUT2D eigenvalue weighted by molar-refractivity contribution is 0.242. The van der Waals surface area contributed by atoms with Crippen LogP contribution in [0, 0.1) is 6.92 Å². The van der Waals surface area contributed by atoms with Crippen molar-refractivity contribution in [1.29, 1.82) is 0 Å². The van der Waals surface area contributed by atoms with Crippen LogP contribution in [-0.4, -0.2) is 21.2 Å². The fraction of sp³-hybridized carbons (Fsp3) is 0.312. The van der Waals surface area contributed by atoms with Crippen molar-refractivity contribution in [2.75, 3.05) is 6.54 Å². The van der Waals surface area contributed by atoms with Gasteiger partial charge in [-0.2, -0.15) is 0 Å². The third-order valence-corrected chi connectivity index (χ3v) is 3.53. The van der Waals surface area contributed by atoms with Crippen LogP contribution in [0.4, 0.5) is 0 Å². The number of aryl methyl sites for hydroxylation is 1. The summed E-state index contributed by atoms with van der Waals surface area (Å²) in [5.74, 6) is 2.47. The van der Waals surface area contributed by atoms with Gasteiger partial charge < -0.3 is 19.4 Å². The molecule has 0 fully saturated rings. The van der Waals surface area contributed by atoms with Crippen LogP contribution >= 0.6 is 0 Å². The molecule has 0 aliphatic rings. The Hall–Kier alpha value is -2.11. The van der Waals surface area contributed by atoms with Gasteiger partial charge in [0.2, 0.25) is 0 Å². The highest BCUT2D eigenvalue weighted by Gasteiger charge is 2.06. The third kappa shape index (κ3) is 2.99. The number of rotatable bonds is 6. The van der Waals surface area contributed by atoms with E-state index in [9.17, 15) is 0 Å². The summed E-state index contributed by atoms with van der Waals surface area (Å²) in [5.41, 5.74) is 2.20. The van der Waals surface area contributed by atoms with Gasteiger partial charge in [0.25, 0.3) is 0 Å². The van der Waals surface area contributed by atoms with E-state index in [1.54, 1.807) is 6.07 Å². The predicted octanol–water partition coefficient (Wildman–Crippen LogP) is 2.22. The van der Waals surface area contributed by atoms with E-state index >= 15 is 0 Å². The van der Waals surface area contributed by atoms with E-state index in [2.05, 4.69) is 20.9 Å². The van der Waals surface area contributed by atoms with Crippen molar-refractivity contribution in [3.8, 4) is 0 Å². The van der Waals surface area contributed by atoms with E-state index in [0.29, 0.717) is 12.3 Å². The number of nitrogens with zero attached hydrogens (tertiary/aromatic N) is 2. The number of fused-ring (bicyclic) bond motifs is 1. The molecular weight excluding hydrogens is 266 g/mol. The van der Waals surface area contributed by atoms with Crippen LogP contribution in [0.15, 0.2) is 40.8 Å². The Balaban J connectivity index is 1.58. The maximum atomic E-state index is 8.95. The van der Waals surface area contributed by atoms with Gasteiger partial charge in [-0.05, 0) is 31.2 Å². The first kappa shape index (κ1) is 13.9. The molecule has 2 N–H and O–H groups in total. The zero-order chi connectivity index (χ0) is 14.7. The van der Waals surface area contributed by atoms with Gasteiger partial charge in [0.1, 0.15) is 24.0 Å². The summed E-state index contributed by atoms with van der Waals surface area (Å²) < 4.78 is 7.64. The van der Waals surface area contributed by atoms with E-state index in [0.717, 1.165) is 35.7 Å². The van der Waals surface area contributed by atoms with E-state index in [1.165, 1.54) is 0 Å². The maximum absolute atomic E-state index is 8.95. The number of aliphatic hydroxyl groups excluding tert-OH is 1. The Bertz CT molecular complexity index is 730. The minimum absolute atomic E-state index is 0.0553. The minimum Gasteiger partial charge on any atom is -0.462 e. The molecule has 2 aromatic heterocycles. The van der Waals surface area contributed by atoms with Gasteiger partial charge >= 0.3 is 0 Å². The molecule has 0 amide bonds. The summed E-state index contributed by atoms with van der Waals surface area (Å²) in [4.78, 5) is 4.55. The number of benzene rings is 1. The maximum Gasteiger partial charge on any atom is 0.129 e. The van der Waals surface area contributed by atoms with Crippen molar-refractivity contribution in [2.45, 2.75) is 26.6 Å². The van der Waals surface area contributed by atoms with Gasteiger partial charge in [-0.15, -0.1) is 0 Å². The van der Waals surface area contributed by atoms with E-state index < -0.39 is 0 Å². The predicted molar refractivity (Wildman–Crippen MR) is 80.8 cm³/mol. The number of para-hydroxylation sites is 2. The fourth-order valence-electron chi connectivity index (χ4n) is 2.48. The number of aromatic nitrogens is 2. The molecule has 5 nitrogen and oxygen atoms in total. The first-order chi connectivity index (χ1) is 10.3. The molecule has 0 atom stereocenters. The van der Waals surface area contributed by atoms with Gasteiger partial charge in [0, 0.05) is 13.1 Å². The Morgan fingerprint density at radius 2 is 2.00 bits per heavy atom. The Labute approximate surface area is 123 Å². The molecule has 2 heterocycles. The third-order valence-electron chi connectivity index (χ3n) is 3.53. The van der Waals surface area contributed by atoms with Crippen molar-refractivity contribution >= 4 is 11.0 Å². The number of aliphatic hydroxyl groups is 1. The molecule has 0 radical (unpaired) electrons. The SMILES string of the molecule is Cc1nc2ccccc2n1CCNCc1ccc(CO)o1. The van der Waals surface area contributed by atoms with E-state index in [4.69, 9.17) is 9.52 Å². The molecule has 0 spiro atoms. The van der Waals surface area contributed by atoms with Crippen LogP contribution in [0.1, 0.15) is 17.3 Å². The highest BCUT2D eigenvalue weighted by Crippen LogP contribution is 2.14. The van der Waals surface area contributed by atoms with Crippen LogP contribution in [0.5, 0.6) is 0 Å². The van der Waals surface area contributed by atoms with Crippen molar-refractivity contribution < 1.29 is 9.52 Å². The Morgan fingerprint density at radius 3 is 2.81 bits per heavy atom. The summed E-state index contributed by atoms with van der Waals surface area (Å²) in [7, 11) is 0. The summed E-state index contributed by atoms with van der Waals surface area (Å²) in [5, 5.41) is 12.3. The van der Waals surface area contributed by atoms with Crippen molar-refractivity contribution in [2.24, 2.45) is 0 Å². The van der Waals surface area contributed by atoms with Gasteiger partial charge in [-0.3, -0.25) is 0 Å². The lowest BCUT2D eigenvalue weighted by Gasteiger charge is -2.07. The highest BCUT2D eigenvalue weighted by atomic mass is 16.4. The van der Waals surface area contributed by atoms with Crippen LogP contribution in [-0.2, 0) is 19.7 Å². The van der Waals surface area contributed by atoms with Gasteiger partial charge in [-0.25, -0.2) is 4.98 Å². The van der Waals surface area contributed by atoms with Crippen LogP contribution in [0.25, 0.3) is 11.0 Å². The zero-order valence-corrected chi connectivity index (χ0v) is 12.0. The molecule has 3 rings (SSSR count). The molecule has 3 aromatic rings. The summed E-state index contributed by atoms with van der Waals surface area (Å²) in [6.45, 7) is 4.32. The molecule has 0 aliphatic heterocycles. The molecule has 0 aliphatic carbocycles. The minimum atomic E-state index is -0.0553. The van der Waals surface area contributed by atoms with Crippen molar-refractivity contribution in [1.82, 2.24) is 14.9 Å². The second-order valence-electron chi connectivity index (χ2n) is 5.00. The van der Waals surface area contributed by atoms with E-state index in [-0.39, 0.29) is 6.61 Å². The molecule has 0 saturated heterocycles. The average molecular weight is 285 g/mol. The van der Waals surface area contributed by atoms with Gasteiger partial charge in [-0.1, -0.05) is 12.1 Å². The summed E-state index contributed by atoms with van der Waals surface area (Å²) in [6, 6.07) is 11.8. The normalized spacial score (nSPS) is 11.3. The molecular formula is C16H19N3O2. The molecule has 0 saturated carbocycles. The highest BCUT2D eigenvalue weighted by molar-refractivity contribution is 5.75. The summed E-state index contributed by atoms with van der Waals surface area (Å²) in [6.07, 6.45) is 0. The largest absolute Gasteiger partial charge is 0.462 e. The first-order valence-corrected chi connectivity index (χ1v) is 7.09. The molecule has 110 valence electrons. The van der Waals surface area contributed by atoms with E-state index in [1.807, 2.05) is 31.2 Å². The molecule has 21 heavy (non-hydrogen) atoms. The number of imidazole rings is 1. The lowest BCUT2D eigenvalue weighted by atomic mass is 10.3. The second kappa shape index (κ2) is 6.11. The molecule has 0 unspecified atom stereocenters. The summed E-state index contributed by atoms with van der Waals surface area (Å²) >= 11 is 0. The number of furan rings is 1. The van der Waals surface area contributed by atoms with Crippen LogP contribution < -0.4 is 5.32 Å². The van der Waals surface area contributed by atoms with Crippen molar-refractivity contribution in [3.05, 3.63) is 53.7 Å². The topological polar surface area (TPSA) is 63.2 Å². The fourth-order valence-corrected chi connectivity index (χ4v) is 2.48. The van der Waals surface area contributed by atoms with Gasteiger partial charge in [0.15, 0.2) is 0 Å². The average Bonchev–Trinajstić information content (AvgIpc) is 3.08. The second-order valence-corrected chi connectivity index (χ2v) is 5.00.